The van der Waals surface area contributed by atoms with Crippen molar-refractivity contribution < 1.29 is 0 Å². The van der Waals surface area contributed by atoms with Gasteiger partial charge in [-0.25, -0.2) is 0 Å². The van der Waals surface area contributed by atoms with Crippen molar-refractivity contribution in [1.82, 2.24) is 4.98 Å². The van der Waals surface area contributed by atoms with Crippen molar-refractivity contribution in [2.24, 2.45) is 11.7 Å². The van der Waals surface area contributed by atoms with Gasteiger partial charge in [0.25, 0.3) is 0 Å². The van der Waals surface area contributed by atoms with Gasteiger partial charge in [-0.1, -0.05) is 0 Å². The predicted octanol–water partition coefficient (Wildman–Crippen LogP) is 0.926. The van der Waals surface area contributed by atoms with Gasteiger partial charge < -0.3 is 10.6 Å². The molecule has 2 aliphatic heterocycles. The second kappa shape index (κ2) is 2.70. The molecule has 3 heterocycles. The van der Waals surface area contributed by atoms with E-state index in [9.17, 15) is 0 Å². The van der Waals surface area contributed by atoms with E-state index in [0.717, 1.165) is 12.5 Å². The number of hydrogen-bond acceptors (Lipinski definition) is 3. The molecule has 2 bridgehead atoms. The Morgan fingerprint density at radius 2 is 2.43 bits per heavy atom. The molecule has 0 spiro atoms. The Balaban J connectivity index is 1.94. The number of pyridine rings is 1. The fourth-order valence-corrected chi connectivity index (χ4v) is 2.73. The average Bonchev–Trinajstić information content (AvgIpc) is 2.75. The molecular formula is C11H15N3. The zero-order valence-corrected chi connectivity index (χ0v) is 8.35. The van der Waals surface area contributed by atoms with Crippen LogP contribution in [0.1, 0.15) is 12.0 Å². The number of rotatable bonds is 1. The highest BCUT2D eigenvalue weighted by molar-refractivity contribution is 5.55. The third kappa shape index (κ3) is 0.932. The van der Waals surface area contributed by atoms with Crippen LogP contribution >= 0.6 is 0 Å². The van der Waals surface area contributed by atoms with Crippen molar-refractivity contribution in [3.63, 3.8) is 0 Å². The Morgan fingerprint density at radius 3 is 3.00 bits per heavy atom. The summed E-state index contributed by atoms with van der Waals surface area (Å²) in [5.74, 6) is 0.729. The van der Waals surface area contributed by atoms with Crippen molar-refractivity contribution in [3.05, 3.63) is 24.0 Å². The minimum atomic E-state index is 0.405. The first-order valence-electron chi connectivity index (χ1n) is 5.20. The molecule has 0 radical (unpaired) electrons. The highest BCUT2D eigenvalue weighted by Crippen LogP contribution is 2.42. The van der Waals surface area contributed by atoms with E-state index < -0.39 is 0 Å². The summed E-state index contributed by atoms with van der Waals surface area (Å²) in [5, 5.41) is 0. The summed E-state index contributed by atoms with van der Waals surface area (Å²) >= 11 is 0. The van der Waals surface area contributed by atoms with Crippen LogP contribution in [0.5, 0.6) is 0 Å². The minimum absolute atomic E-state index is 0.405. The van der Waals surface area contributed by atoms with Gasteiger partial charge in [0.2, 0.25) is 0 Å². The number of nitrogens with zero attached hydrogens (tertiary/aromatic N) is 2. The van der Waals surface area contributed by atoms with Crippen LogP contribution in [0.15, 0.2) is 18.5 Å². The Morgan fingerprint density at radius 1 is 1.57 bits per heavy atom. The van der Waals surface area contributed by atoms with E-state index in [-0.39, 0.29) is 0 Å². The summed E-state index contributed by atoms with van der Waals surface area (Å²) < 4.78 is 0. The molecule has 14 heavy (non-hydrogen) atoms. The van der Waals surface area contributed by atoms with Crippen molar-refractivity contribution >= 4 is 5.69 Å². The molecule has 1 aliphatic carbocycles. The number of anilines is 1. The number of aromatic nitrogens is 1. The van der Waals surface area contributed by atoms with Crippen molar-refractivity contribution in [3.8, 4) is 0 Å². The zero-order chi connectivity index (χ0) is 9.71. The minimum Gasteiger partial charge on any atom is -0.366 e. The Bertz CT molecular complexity index is 363. The summed E-state index contributed by atoms with van der Waals surface area (Å²) in [7, 11) is 0. The first kappa shape index (κ1) is 8.24. The van der Waals surface area contributed by atoms with Crippen LogP contribution in [0.3, 0.4) is 0 Å². The SMILES string of the molecule is Cc1cnccc1N1CC2CC1C2N. The zero-order valence-electron chi connectivity index (χ0n) is 8.35. The van der Waals surface area contributed by atoms with Gasteiger partial charge in [-0.2, -0.15) is 0 Å². The molecule has 2 saturated heterocycles. The molecule has 1 saturated carbocycles. The lowest BCUT2D eigenvalue weighted by Crippen LogP contribution is -2.49. The maximum atomic E-state index is 6.05. The van der Waals surface area contributed by atoms with Gasteiger partial charge in [0, 0.05) is 36.7 Å². The fraction of sp³-hybridized carbons (Fsp3) is 0.545. The normalized spacial score (nSPS) is 34.4. The molecule has 1 aromatic heterocycles. The number of fused-ring (bicyclic) bond motifs is 1. The molecule has 3 heteroatoms. The van der Waals surface area contributed by atoms with Gasteiger partial charge in [-0.05, 0) is 30.9 Å². The van der Waals surface area contributed by atoms with Gasteiger partial charge in [0.15, 0.2) is 0 Å². The Labute approximate surface area is 83.9 Å². The van der Waals surface area contributed by atoms with E-state index in [1.165, 1.54) is 17.7 Å². The van der Waals surface area contributed by atoms with Crippen LogP contribution in [0.2, 0.25) is 0 Å². The van der Waals surface area contributed by atoms with E-state index >= 15 is 0 Å². The second-order valence-corrected chi connectivity index (χ2v) is 4.46. The number of hydrogen-bond donors (Lipinski definition) is 1. The van der Waals surface area contributed by atoms with E-state index in [2.05, 4.69) is 22.9 Å². The fourth-order valence-electron chi connectivity index (χ4n) is 2.73. The topological polar surface area (TPSA) is 42.2 Å². The molecule has 74 valence electrons. The van der Waals surface area contributed by atoms with Gasteiger partial charge in [-0.3, -0.25) is 4.98 Å². The average molecular weight is 189 g/mol. The molecule has 2 N–H and O–H groups in total. The third-order valence-electron chi connectivity index (χ3n) is 3.66. The third-order valence-corrected chi connectivity index (χ3v) is 3.66. The molecule has 4 rings (SSSR count). The molecule has 3 fully saturated rings. The van der Waals surface area contributed by atoms with Gasteiger partial charge in [-0.15, -0.1) is 0 Å². The predicted molar refractivity (Wildman–Crippen MR) is 56.2 cm³/mol. The largest absolute Gasteiger partial charge is 0.366 e. The highest BCUT2D eigenvalue weighted by atomic mass is 15.3. The molecule has 0 aromatic carbocycles. The molecule has 3 unspecified atom stereocenters. The van der Waals surface area contributed by atoms with Crippen molar-refractivity contribution in [2.75, 3.05) is 11.4 Å². The van der Waals surface area contributed by atoms with Gasteiger partial charge in [0.1, 0.15) is 0 Å². The molecule has 0 amide bonds. The maximum Gasteiger partial charge on any atom is 0.0448 e. The Kier molecular flexibility index (Phi) is 1.59. The maximum absolute atomic E-state index is 6.05. The van der Waals surface area contributed by atoms with E-state index in [0.29, 0.717) is 12.1 Å². The molecule has 3 aliphatic rings. The van der Waals surface area contributed by atoms with Crippen LogP contribution in [0, 0.1) is 12.8 Å². The quantitative estimate of drug-likeness (QED) is 0.714. The summed E-state index contributed by atoms with van der Waals surface area (Å²) in [6, 6.07) is 3.09. The van der Waals surface area contributed by atoms with Crippen molar-refractivity contribution in [2.45, 2.75) is 25.4 Å². The van der Waals surface area contributed by atoms with Crippen LogP contribution in [-0.4, -0.2) is 23.6 Å². The van der Waals surface area contributed by atoms with Gasteiger partial charge in [0.05, 0.1) is 0 Å². The monoisotopic (exact) mass is 189 g/mol. The van der Waals surface area contributed by atoms with Crippen LogP contribution in [0.25, 0.3) is 0 Å². The second-order valence-electron chi connectivity index (χ2n) is 4.46. The lowest BCUT2D eigenvalue weighted by molar-refractivity contribution is 0.311. The lowest BCUT2D eigenvalue weighted by Gasteiger charge is -2.34. The smallest absolute Gasteiger partial charge is 0.0448 e. The first-order valence-corrected chi connectivity index (χ1v) is 5.20. The summed E-state index contributed by atoms with van der Waals surface area (Å²) in [6.45, 7) is 3.25. The molecule has 3 atom stereocenters. The first-order chi connectivity index (χ1) is 6.77. The standard InChI is InChI=1S/C11H15N3/c1-7-5-13-3-2-9(7)14-6-8-4-10(14)11(8)12/h2-3,5,8,10-11H,4,6,12H2,1H3. The summed E-state index contributed by atoms with van der Waals surface area (Å²) in [4.78, 5) is 6.57. The van der Waals surface area contributed by atoms with E-state index in [4.69, 9.17) is 5.73 Å². The number of aryl methyl sites for hydroxylation is 1. The summed E-state index contributed by atoms with van der Waals surface area (Å²) in [6.07, 6.45) is 5.07. The highest BCUT2D eigenvalue weighted by Gasteiger charge is 2.50. The van der Waals surface area contributed by atoms with E-state index in [1.54, 1.807) is 0 Å². The van der Waals surface area contributed by atoms with Crippen LogP contribution in [-0.2, 0) is 0 Å². The summed E-state index contributed by atoms with van der Waals surface area (Å²) in [5.41, 5.74) is 8.63. The molecule has 1 aromatic rings. The van der Waals surface area contributed by atoms with Crippen molar-refractivity contribution in [1.29, 1.82) is 0 Å². The van der Waals surface area contributed by atoms with E-state index in [1.807, 2.05) is 12.4 Å². The van der Waals surface area contributed by atoms with Crippen LogP contribution in [0.4, 0.5) is 5.69 Å². The molecular weight excluding hydrogens is 174 g/mol. The molecule has 3 nitrogen and oxygen atoms in total. The van der Waals surface area contributed by atoms with Gasteiger partial charge >= 0.3 is 0 Å². The number of nitrogens with two attached hydrogens (primary N) is 1. The van der Waals surface area contributed by atoms with Crippen LogP contribution < -0.4 is 10.6 Å². The Hall–Kier alpha value is -1.09. The lowest BCUT2D eigenvalue weighted by atomic mass is 9.81.